The number of aliphatic carboxylic acids is 1. The summed E-state index contributed by atoms with van der Waals surface area (Å²) in [7, 11) is 0. The average molecular weight is 192 g/mol. The van der Waals surface area contributed by atoms with Crippen LogP contribution in [0.1, 0.15) is 6.92 Å². The zero-order valence-corrected chi connectivity index (χ0v) is 7.51. The van der Waals surface area contributed by atoms with Crippen molar-refractivity contribution >= 4 is 11.8 Å². The molecule has 0 spiro atoms. The largest absolute Gasteiger partial charge is 0.480 e. The predicted octanol–water partition coefficient (Wildman–Crippen LogP) is -0.411. The lowest BCUT2D eigenvalue weighted by Gasteiger charge is -2.20. The number of carbonyl (C=O) groups is 1. The third-order valence-electron chi connectivity index (χ3n) is 1.95. The van der Waals surface area contributed by atoms with E-state index in [-0.39, 0.29) is 6.54 Å². The molecule has 2 atom stereocenters. The molecule has 72 valence electrons. The third kappa shape index (κ3) is 1.64. The van der Waals surface area contributed by atoms with Gasteiger partial charge in [-0.3, -0.25) is 9.79 Å². The maximum Gasteiger partial charge on any atom is 0.323 e. The lowest BCUT2D eigenvalue weighted by molar-refractivity contribution is -0.137. The minimum absolute atomic E-state index is 0.300. The zero-order valence-electron chi connectivity index (χ0n) is 7.51. The van der Waals surface area contributed by atoms with Crippen molar-refractivity contribution in [3.05, 3.63) is 0 Å². The Balaban J connectivity index is 2.87. The maximum atomic E-state index is 10.5. The Kier molecular flexibility index (Phi) is 2.68. The number of amidine groups is 1. The minimum Gasteiger partial charge on any atom is -0.480 e. The summed E-state index contributed by atoms with van der Waals surface area (Å²) in [4.78, 5) is 15.7. The Morgan fingerprint density at radius 2 is 2.29 bits per heavy atom. The van der Waals surface area contributed by atoms with E-state index < -0.39 is 18.1 Å². The molecule has 6 nitrogen and oxygen atoms in total. The predicted molar refractivity (Wildman–Crippen MR) is 46.3 cm³/mol. The average Bonchev–Trinajstić information content (AvgIpc) is 2.42. The molecular weight excluding hydrogens is 184 g/mol. The van der Waals surface area contributed by atoms with Crippen LogP contribution in [-0.4, -0.2) is 40.4 Å². The van der Waals surface area contributed by atoms with E-state index in [1.54, 1.807) is 6.92 Å². The molecule has 2 unspecified atom stereocenters. The molecule has 14 heavy (non-hydrogen) atoms. The van der Waals surface area contributed by atoms with Crippen LogP contribution in [0, 0.1) is 22.7 Å². The highest BCUT2D eigenvalue weighted by atomic mass is 16.4. The Morgan fingerprint density at radius 3 is 2.71 bits per heavy atom. The first-order chi connectivity index (χ1) is 6.60. The number of nitrogens with zero attached hydrogens (tertiary/aromatic N) is 4. The number of nitriles is 2. The summed E-state index contributed by atoms with van der Waals surface area (Å²) in [5, 5.41) is 26.0. The van der Waals surface area contributed by atoms with Crippen molar-refractivity contribution < 1.29 is 9.90 Å². The molecule has 0 aromatic carbocycles. The van der Waals surface area contributed by atoms with E-state index in [4.69, 9.17) is 15.6 Å². The topological polar surface area (TPSA) is 100 Å². The first-order valence-corrected chi connectivity index (χ1v) is 3.92. The van der Waals surface area contributed by atoms with Crippen molar-refractivity contribution in [1.29, 1.82) is 10.5 Å². The van der Waals surface area contributed by atoms with Crippen LogP contribution in [-0.2, 0) is 4.79 Å². The minimum atomic E-state index is -1.04. The molecule has 1 heterocycles. The van der Waals surface area contributed by atoms with Gasteiger partial charge in [-0.2, -0.15) is 10.5 Å². The first kappa shape index (κ1) is 10.0. The molecule has 1 N–H and O–H groups in total. The highest BCUT2D eigenvalue weighted by Crippen LogP contribution is 2.16. The summed E-state index contributed by atoms with van der Waals surface area (Å²) in [6, 6.07) is 2.17. The van der Waals surface area contributed by atoms with E-state index in [9.17, 15) is 4.79 Å². The van der Waals surface area contributed by atoms with Crippen LogP contribution in [0.2, 0.25) is 0 Å². The summed E-state index contributed by atoms with van der Waals surface area (Å²) in [5.41, 5.74) is 0. The zero-order chi connectivity index (χ0) is 10.7. The Bertz CT molecular complexity index is 363. The molecule has 1 aliphatic heterocycles. The van der Waals surface area contributed by atoms with Gasteiger partial charge in [0.05, 0.1) is 18.0 Å². The number of hydrogen-bond donors (Lipinski definition) is 1. The van der Waals surface area contributed by atoms with Gasteiger partial charge in [0.15, 0.2) is 12.1 Å². The quantitative estimate of drug-likeness (QED) is 0.640. The van der Waals surface area contributed by atoms with Crippen LogP contribution < -0.4 is 0 Å². The first-order valence-electron chi connectivity index (χ1n) is 3.92. The van der Waals surface area contributed by atoms with Crippen molar-refractivity contribution in [3.8, 4) is 12.1 Å². The molecule has 0 fully saturated rings. The van der Waals surface area contributed by atoms with Crippen LogP contribution in [0.5, 0.6) is 0 Å². The molecular formula is C8H8N4O2. The summed E-state index contributed by atoms with van der Waals surface area (Å²) >= 11 is 0. The van der Waals surface area contributed by atoms with Gasteiger partial charge >= 0.3 is 5.97 Å². The Hall–Kier alpha value is -2.08. The van der Waals surface area contributed by atoms with E-state index in [0.29, 0.717) is 5.84 Å². The number of hydrogen-bond acceptors (Lipinski definition) is 5. The Morgan fingerprint density at radius 1 is 1.64 bits per heavy atom. The van der Waals surface area contributed by atoms with Crippen LogP contribution in [0.3, 0.4) is 0 Å². The van der Waals surface area contributed by atoms with Crippen LogP contribution in [0.25, 0.3) is 0 Å². The molecule has 0 saturated heterocycles. The lowest BCUT2D eigenvalue weighted by atomic mass is 10.1. The number of aliphatic imine (C=N–C) groups is 1. The van der Waals surface area contributed by atoms with Gasteiger partial charge in [-0.25, -0.2) is 0 Å². The molecule has 0 bridgehead atoms. The van der Waals surface area contributed by atoms with E-state index in [1.807, 2.05) is 12.1 Å². The summed E-state index contributed by atoms with van der Waals surface area (Å²) in [6.07, 6.45) is 0. The fraction of sp³-hybridized carbons (Fsp3) is 0.500. The van der Waals surface area contributed by atoms with Gasteiger partial charge in [-0.05, 0) is 6.92 Å². The standard InChI is InChI=1S/C8H8N4O2/c1-5-11-6(2-9)7(3-10)12(5)4-8(13)14/h6-7H,4H2,1H3,(H,13,14). The highest BCUT2D eigenvalue weighted by Gasteiger charge is 2.35. The summed E-state index contributed by atoms with van der Waals surface area (Å²) in [6.45, 7) is 1.29. The molecule has 0 aromatic rings. The van der Waals surface area contributed by atoms with Gasteiger partial charge in [0.2, 0.25) is 0 Å². The van der Waals surface area contributed by atoms with Crippen molar-refractivity contribution in [3.63, 3.8) is 0 Å². The van der Waals surface area contributed by atoms with Crippen molar-refractivity contribution in [2.45, 2.75) is 19.0 Å². The van der Waals surface area contributed by atoms with Crippen LogP contribution in [0.15, 0.2) is 4.99 Å². The van der Waals surface area contributed by atoms with Gasteiger partial charge in [0, 0.05) is 0 Å². The molecule has 1 aliphatic rings. The van der Waals surface area contributed by atoms with Gasteiger partial charge in [0.1, 0.15) is 6.54 Å². The molecule has 0 saturated carbocycles. The second-order valence-electron chi connectivity index (χ2n) is 2.85. The second-order valence-corrected chi connectivity index (χ2v) is 2.85. The van der Waals surface area contributed by atoms with Crippen LogP contribution in [0.4, 0.5) is 0 Å². The normalized spacial score (nSPS) is 25.1. The number of carboxylic acids is 1. The third-order valence-corrected chi connectivity index (χ3v) is 1.95. The van der Waals surface area contributed by atoms with Gasteiger partial charge < -0.3 is 10.0 Å². The summed E-state index contributed by atoms with van der Waals surface area (Å²) < 4.78 is 0. The molecule has 0 amide bonds. The number of rotatable bonds is 2. The molecule has 6 heteroatoms. The maximum absolute atomic E-state index is 10.5. The van der Waals surface area contributed by atoms with E-state index in [1.165, 1.54) is 4.90 Å². The van der Waals surface area contributed by atoms with E-state index in [2.05, 4.69) is 4.99 Å². The van der Waals surface area contributed by atoms with Gasteiger partial charge in [-0.1, -0.05) is 0 Å². The SMILES string of the molecule is CC1=NC(C#N)C(C#N)N1CC(=O)O. The lowest BCUT2D eigenvalue weighted by Crippen LogP contribution is -2.40. The molecule has 0 radical (unpaired) electrons. The number of carboxylic acid groups (broad SMARTS) is 1. The molecule has 0 aromatic heterocycles. The fourth-order valence-electron chi connectivity index (χ4n) is 1.32. The van der Waals surface area contributed by atoms with E-state index >= 15 is 0 Å². The van der Waals surface area contributed by atoms with Gasteiger partial charge in [0.25, 0.3) is 0 Å². The van der Waals surface area contributed by atoms with E-state index in [0.717, 1.165) is 0 Å². The van der Waals surface area contributed by atoms with Crippen molar-refractivity contribution in [2.75, 3.05) is 6.54 Å². The molecule has 1 rings (SSSR count). The fourth-order valence-corrected chi connectivity index (χ4v) is 1.32. The smallest absolute Gasteiger partial charge is 0.323 e. The highest BCUT2D eigenvalue weighted by molar-refractivity contribution is 5.86. The summed E-state index contributed by atoms with van der Waals surface area (Å²) in [5.74, 6) is -0.621. The van der Waals surface area contributed by atoms with Crippen LogP contribution >= 0.6 is 0 Å². The van der Waals surface area contributed by atoms with Crippen molar-refractivity contribution in [2.24, 2.45) is 4.99 Å². The van der Waals surface area contributed by atoms with Gasteiger partial charge in [-0.15, -0.1) is 0 Å². The van der Waals surface area contributed by atoms with Crippen molar-refractivity contribution in [1.82, 2.24) is 4.90 Å². The Labute approximate surface area is 80.7 Å². The monoisotopic (exact) mass is 192 g/mol. The molecule has 0 aliphatic carbocycles. The second kappa shape index (κ2) is 3.75.